The molecule has 144 valence electrons. The number of carbonyl (C=O) groups excluding carboxylic acids is 2. The van der Waals surface area contributed by atoms with Gasteiger partial charge in [-0.2, -0.15) is 4.72 Å². The van der Waals surface area contributed by atoms with E-state index in [1.54, 1.807) is 13.8 Å². The normalized spacial score (nSPS) is 16.3. The van der Waals surface area contributed by atoms with Crippen molar-refractivity contribution >= 4 is 37.9 Å². The van der Waals surface area contributed by atoms with Crippen LogP contribution in [0, 0.1) is 0 Å². The Bertz CT molecular complexity index is 786. The van der Waals surface area contributed by atoms with E-state index in [4.69, 9.17) is 9.47 Å². The number of hydrogen-bond acceptors (Lipinski definition) is 6. The summed E-state index contributed by atoms with van der Waals surface area (Å²) in [4.78, 5) is 24.1. The topological polar surface area (TPSA) is 98.8 Å². The molecule has 0 bridgehead atoms. The third-order valence-electron chi connectivity index (χ3n) is 4.19. The minimum Gasteiger partial charge on any atom is -0.465 e. The second-order valence-electron chi connectivity index (χ2n) is 5.98. The number of sulfonamides is 1. The molecule has 0 atom stereocenters. The number of benzene rings is 1. The van der Waals surface area contributed by atoms with Gasteiger partial charge >= 0.3 is 11.9 Å². The molecule has 0 aromatic heterocycles. The Morgan fingerprint density at radius 2 is 1.77 bits per heavy atom. The van der Waals surface area contributed by atoms with Crippen LogP contribution >= 0.6 is 15.9 Å². The molecule has 0 amide bonds. The highest BCUT2D eigenvalue weighted by atomic mass is 79.9. The lowest BCUT2D eigenvalue weighted by Crippen LogP contribution is -2.53. The summed E-state index contributed by atoms with van der Waals surface area (Å²) in [5, 5.41) is 0. The van der Waals surface area contributed by atoms with Gasteiger partial charge in [-0.15, -0.1) is 0 Å². The Balaban J connectivity index is 2.32. The molecule has 9 heteroatoms. The predicted octanol–water partition coefficient (Wildman–Crippen LogP) is 2.78. The van der Waals surface area contributed by atoms with E-state index in [1.165, 1.54) is 18.2 Å². The van der Waals surface area contributed by atoms with Crippen molar-refractivity contribution in [2.24, 2.45) is 0 Å². The highest BCUT2D eigenvalue weighted by Crippen LogP contribution is 2.34. The first-order chi connectivity index (χ1) is 12.3. The van der Waals surface area contributed by atoms with Crippen LogP contribution < -0.4 is 4.72 Å². The van der Waals surface area contributed by atoms with Gasteiger partial charge in [-0.25, -0.2) is 13.2 Å². The van der Waals surface area contributed by atoms with Crippen LogP contribution in [0.5, 0.6) is 0 Å². The Labute approximate surface area is 161 Å². The van der Waals surface area contributed by atoms with Gasteiger partial charge in [-0.3, -0.25) is 4.79 Å². The quantitative estimate of drug-likeness (QED) is 0.645. The van der Waals surface area contributed by atoms with Crippen LogP contribution in [0.15, 0.2) is 27.6 Å². The van der Waals surface area contributed by atoms with E-state index in [2.05, 4.69) is 20.7 Å². The van der Waals surface area contributed by atoms with E-state index in [0.29, 0.717) is 12.8 Å². The number of halogens is 1. The first kappa shape index (κ1) is 20.9. The number of carbonyl (C=O) groups is 2. The fraction of sp³-hybridized carbons (Fsp3) is 0.529. The van der Waals surface area contributed by atoms with E-state index in [9.17, 15) is 18.0 Å². The monoisotopic (exact) mass is 447 g/mol. The summed E-state index contributed by atoms with van der Waals surface area (Å²) in [6, 6.07) is 4.08. The molecule has 1 aromatic carbocycles. The van der Waals surface area contributed by atoms with Crippen molar-refractivity contribution in [2.75, 3.05) is 13.2 Å². The molecule has 0 spiro atoms. The third-order valence-corrected chi connectivity index (χ3v) is 6.70. The molecular weight excluding hydrogens is 426 g/mol. The standard InChI is InChI=1S/C17H22BrNO6S/c1-3-24-15(20)12-7-8-14(13(18)11-12)26(22,23)19-17(9-5-6-10-17)16(21)25-4-2/h7-8,11,19H,3-6,9-10H2,1-2H3. The lowest BCUT2D eigenvalue weighted by Gasteiger charge is -2.27. The number of ether oxygens (including phenoxy) is 2. The maximum absolute atomic E-state index is 12.9. The lowest BCUT2D eigenvalue weighted by atomic mass is 10.00. The first-order valence-electron chi connectivity index (χ1n) is 8.43. The second kappa shape index (κ2) is 8.49. The van der Waals surface area contributed by atoms with Crippen molar-refractivity contribution in [3.05, 3.63) is 28.2 Å². The molecule has 1 aromatic rings. The molecule has 7 nitrogen and oxygen atoms in total. The van der Waals surface area contributed by atoms with Crippen LogP contribution in [0.4, 0.5) is 0 Å². The smallest absolute Gasteiger partial charge is 0.338 e. The van der Waals surface area contributed by atoms with Crippen LogP contribution in [0.25, 0.3) is 0 Å². The van der Waals surface area contributed by atoms with Crippen molar-refractivity contribution in [1.29, 1.82) is 0 Å². The number of hydrogen-bond donors (Lipinski definition) is 1. The molecule has 2 rings (SSSR count). The average molecular weight is 448 g/mol. The van der Waals surface area contributed by atoms with Crippen molar-refractivity contribution in [3.63, 3.8) is 0 Å². The van der Waals surface area contributed by atoms with Gasteiger partial charge in [0.1, 0.15) is 5.54 Å². The third kappa shape index (κ3) is 4.44. The van der Waals surface area contributed by atoms with Gasteiger partial charge in [0.05, 0.1) is 23.7 Å². The van der Waals surface area contributed by atoms with Gasteiger partial charge in [-0.1, -0.05) is 12.8 Å². The molecule has 1 saturated carbocycles. The molecule has 0 saturated heterocycles. The summed E-state index contributed by atoms with van der Waals surface area (Å²) >= 11 is 3.19. The second-order valence-corrected chi connectivity index (χ2v) is 8.49. The van der Waals surface area contributed by atoms with Crippen LogP contribution in [0.1, 0.15) is 49.9 Å². The van der Waals surface area contributed by atoms with Crippen LogP contribution in [-0.2, 0) is 24.3 Å². The zero-order chi connectivity index (χ0) is 19.4. The number of rotatable bonds is 7. The maximum atomic E-state index is 12.9. The van der Waals surface area contributed by atoms with Gasteiger partial charge < -0.3 is 9.47 Å². The van der Waals surface area contributed by atoms with E-state index in [0.717, 1.165) is 12.8 Å². The molecular formula is C17H22BrNO6S. The molecule has 0 unspecified atom stereocenters. The highest BCUT2D eigenvalue weighted by Gasteiger charge is 2.46. The summed E-state index contributed by atoms with van der Waals surface area (Å²) in [5.74, 6) is -1.09. The Morgan fingerprint density at radius 1 is 1.15 bits per heavy atom. The van der Waals surface area contributed by atoms with E-state index < -0.39 is 27.5 Å². The van der Waals surface area contributed by atoms with E-state index >= 15 is 0 Å². The molecule has 1 fully saturated rings. The fourth-order valence-electron chi connectivity index (χ4n) is 2.97. The molecule has 1 N–H and O–H groups in total. The van der Waals surface area contributed by atoms with Crippen LogP contribution in [0.3, 0.4) is 0 Å². The van der Waals surface area contributed by atoms with Gasteiger partial charge in [-0.05, 0) is 60.8 Å². The van der Waals surface area contributed by atoms with Gasteiger partial charge in [0, 0.05) is 4.47 Å². The Morgan fingerprint density at radius 3 is 2.31 bits per heavy atom. The molecule has 26 heavy (non-hydrogen) atoms. The number of nitrogens with one attached hydrogen (secondary N) is 1. The zero-order valence-electron chi connectivity index (χ0n) is 14.7. The van der Waals surface area contributed by atoms with Crippen LogP contribution in [0.2, 0.25) is 0 Å². The van der Waals surface area contributed by atoms with Crippen molar-refractivity contribution in [1.82, 2.24) is 4.72 Å². The van der Waals surface area contributed by atoms with Crippen LogP contribution in [-0.4, -0.2) is 39.1 Å². The maximum Gasteiger partial charge on any atom is 0.338 e. The summed E-state index contributed by atoms with van der Waals surface area (Å²) < 4.78 is 38.5. The highest BCUT2D eigenvalue weighted by molar-refractivity contribution is 9.10. The fourth-order valence-corrected chi connectivity index (χ4v) is 5.46. The van der Waals surface area contributed by atoms with Crippen molar-refractivity contribution < 1.29 is 27.5 Å². The predicted molar refractivity (Wildman–Crippen MR) is 98.3 cm³/mol. The largest absolute Gasteiger partial charge is 0.465 e. The van der Waals surface area contributed by atoms with E-state index in [1.807, 2.05) is 0 Å². The molecule has 1 aliphatic rings. The summed E-state index contributed by atoms with van der Waals surface area (Å²) in [5.41, 5.74) is -1.01. The first-order valence-corrected chi connectivity index (χ1v) is 10.7. The molecule has 1 aliphatic carbocycles. The van der Waals surface area contributed by atoms with E-state index in [-0.39, 0.29) is 28.1 Å². The minimum atomic E-state index is -4.00. The number of esters is 2. The Hall–Kier alpha value is -1.45. The molecule has 0 radical (unpaired) electrons. The SMILES string of the molecule is CCOC(=O)c1ccc(S(=O)(=O)NC2(C(=O)OCC)CCCC2)c(Br)c1. The Kier molecular flexibility index (Phi) is 6.81. The van der Waals surface area contributed by atoms with Crippen molar-refractivity contribution in [3.8, 4) is 0 Å². The molecule has 0 heterocycles. The van der Waals surface area contributed by atoms with Crippen molar-refractivity contribution in [2.45, 2.75) is 50.0 Å². The van der Waals surface area contributed by atoms with Gasteiger partial charge in [0.15, 0.2) is 0 Å². The summed E-state index contributed by atoms with van der Waals surface area (Å²) in [6.45, 7) is 3.77. The summed E-state index contributed by atoms with van der Waals surface area (Å²) in [6.07, 6.45) is 2.27. The lowest BCUT2D eigenvalue weighted by molar-refractivity contribution is -0.150. The summed E-state index contributed by atoms with van der Waals surface area (Å²) in [7, 11) is -4.00. The minimum absolute atomic E-state index is 0.0545. The van der Waals surface area contributed by atoms with Gasteiger partial charge in [0.2, 0.25) is 10.0 Å². The van der Waals surface area contributed by atoms with Gasteiger partial charge in [0.25, 0.3) is 0 Å². The molecule has 0 aliphatic heterocycles. The zero-order valence-corrected chi connectivity index (χ0v) is 17.1. The average Bonchev–Trinajstić information content (AvgIpc) is 3.04.